The van der Waals surface area contributed by atoms with Crippen LogP contribution < -0.4 is 10.0 Å². The molecule has 0 radical (unpaired) electrons. The van der Waals surface area contributed by atoms with Crippen molar-refractivity contribution in [1.29, 1.82) is 0 Å². The Morgan fingerprint density at radius 1 is 1.19 bits per heavy atom. The van der Waals surface area contributed by atoms with E-state index in [0.29, 0.717) is 21.8 Å². The van der Waals surface area contributed by atoms with Crippen LogP contribution in [0.3, 0.4) is 0 Å². The van der Waals surface area contributed by atoms with Crippen LogP contribution in [0.2, 0.25) is 5.02 Å². The minimum atomic E-state index is -4.42. The zero-order chi connectivity index (χ0) is 22.2. The van der Waals surface area contributed by atoms with E-state index in [0.717, 1.165) is 12.8 Å². The molecular formula is C20H14ClF4N3OS2. The van der Waals surface area contributed by atoms with Gasteiger partial charge in [-0.2, -0.15) is 13.2 Å². The molecule has 0 saturated heterocycles. The first-order valence-electron chi connectivity index (χ1n) is 9.06. The maximum absolute atomic E-state index is 14.1. The first-order valence-corrected chi connectivity index (χ1v) is 11.1. The van der Waals surface area contributed by atoms with Crippen LogP contribution in [0.5, 0.6) is 0 Å². The lowest BCUT2D eigenvalue weighted by Gasteiger charge is -2.09. The summed E-state index contributed by atoms with van der Waals surface area (Å²) >= 11 is 7.15. The zero-order valence-corrected chi connectivity index (χ0v) is 18.0. The Morgan fingerprint density at radius 3 is 2.65 bits per heavy atom. The van der Waals surface area contributed by atoms with Crippen LogP contribution in [0.4, 0.5) is 23.2 Å². The molecule has 4 rings (SSSR count). The minimum Gasteiger partial charge on any atom is -0.349 e. The normalized spacial score (nSPS) is 13.8. The van der Waals surface area contributed by atoms with Gasteiger partial charge in [0, 0.05) is 28.2 Å². The molecule has 1 aliphatic rings. The number of rotatable bonds is 6. The van der Waals surface area contributed by atoms with E-state index in [-0.39, 0.29) is 34.3 Å². The summed E-state index contributed by atoms with van der Waals surface area (Å²) in [5.41, 5.74) is -2.62. The smallest absolute Gasteiger partial charge is 0.349 e. The van der Waals surface area contributed by atoms with Gasteiger partial charge in [-0.1, -0.05) is 11.6 Å². The van der Waals surface area contributed by atoms with Gasteiger partial charge in [0.05, 0.1) is 28.2 Å². The van der Waals surface area contributed by atoms with Crippen LogP contribution in [-0.4, -0.2) is 22.4 Å². The fraction of sp³-hybridized carbons (Fsp3) is 0.200. The van der Waals surface area contributed by atoms with Gasteiger partial charge in [-0.3, -0.25) is 4.79 Å². The lowest BCUT2D eigenvalue weighted by Crippen LogP contribution is -2.26. The standard InChI is InChI=1S/C20H14ClF4N3OS2/c21-15-8-12(28-31-20(23,24)25)4-5-13(15)17-9-30-19(27-17)10-1-6-16(22)14(7-10)18(29)26-11-2-3-11/h1,4-9,11,28H,2-3H2,(H,26,29). The molecule has 2 N–H and O–H groups in total. The second kappa shape index (κ2) is 8.68. The van der Waals surface area contributed by atoms with Gasteiger partial charge in [0.15, 0.2) is 0 Å². The van der Waals surface area contributed by atoms with Crippen LogP contribution in [0.25, 0.3) is 21.8 Å². The number of nitrogens with one attached hydrogen (secondary N) is 2. The molecular weight excluding hydrogens is 474 g/mol. The van der Waals surface area contributed by atoms with Gasteiger partial charge in [0.25, 0.3) is 5.91 Å². The van der Waals surface area contributed by atoms with Crippen LogP contribution in [0.1, 0.15) is 23.2 Å². The van der Waals surface area contributed by atoms with E-state index >= 15 is 0 Å². The second-order valence-electron chi connectivity index (χ2n) is 6.82. The summed E-state index contributed by atoms with van der Waals surface area (Å²) in [6.45, 7) is 0. The summed E-state index contributed by atoms with van der Waals surface area (Å²) in [5, 5.41) is 5.29. The number of nitrogens with zero attached hydrogens (tertiary/aromatic N) is 1. The van der Waals surface area contributed by atoms with E-state index in [9.17, 15) is 22.4 Å². The van der Waals surface area contributed by atoms with Gasteiger partial charge in [-0.05, 0) is 49.2 Å². The molecule has 0 spiro atoms. The summed E-state index contributed by atoms with van der Waals surface area (Å²) in [6.07, 6.45) is 1.79. The van der Waals surface area contributed by atoms with Gasteiger partial charge in [0.2, 0.25) is 0 Å². The summed E-state index contributed by atoms with van der Waals surface area (Å²) in [6, 6.07) is 8.75. The number of halogens is 5. The van der Waals surface area contributed by atoms with E-state index in [4.69, 9.17) is 11.6 Å². The van der Waals surface area contributed by atoms with Gasteiger partial charge in [-0.25, -0.2) is 9.37 Å². The number of anilines is 1. The van der Waals surface area contributed by atoms with Crippen LogP contribution >= 0.6 is 34.9 Å². The highest BCUT2D eigenvalue weighted by Gasteiger charge is 2.29. The number of thiazole rings is 1. The largest absolute Gasteiger partial charge is 0.461 e. The predicted octanol–water partition coefficient (Wildman–Crippen LogP) is 6.74. The Labute approximate surface area is 188 Å². The van der Waals surface area contributed by atoms with Gasteiger partial charge >= 0.3 is 5.51 Å². The molecule has 1 aromatic heterocycles. The van der Waals surface area contributed by atoms with Crippen molar-refractivity contribution in [3.8, 4) is 21.8 Å². The third kappa shape index (κ3) is 5.50. The maximum Gasteiger partial charge on any atom is 0.461 e. The Bertz CT molecular complexity index is 1130. The van der Waals surface area contributed by atoms with Crippen molar-refractivity contribution in [3.05, 3.63) is 58.2 Å². The number of alkyl halides is 3. The first-order chi connectivity index (χ1) is 14.7. The number of hydrogen-bond acceptors (Lipinski definition) is 5. The third-order valence-electron chi connectivity index (χ3n) is 4.40. The van der Waals surface area contributed by atoms with Crippen molar-refractivity contribution in [1.82, 2.24) is 10.3 Å². The molecule has 0 atom stereocenters. The minimum absolute atomic E-state index is 0.0447. The van der Waals surface area contributed by atoms with E-state index in [1.807, 2.05) is 0 Å². The molecule has 0 aliphatic heterocycles. The average Bonchev–Trinajstić information content (AvgIpc) is 3.39. The molecule has 1 heterocycles. The monoisotopic (exact) mass is 487 g/mol. The average molecular weight is 488 g/mol. The van der Waals surface area contributed by atoms with Gasteiger partial charge in [-0.15, -0.1) is 11.3 Å². The Hall–Kier alpha value is -2.30. The lowest BCUT2D eigenvalue weighted by atomic mass is 10.1. The Kier molecular flexibility index (Phi) is 6.14. The molecule has 1 saturated carbocycles. The SMILES string of the molecule is O=C(NC1CC1)c1cc(-c2nc(-c3ccc(NSC(F)(F)F)cc3Cl)cs2)ccc1F. The predicted molar refractivity (Wildman–Crippen MR) is 116 cm³/mol. The number of aromatic nitrogens is 1. The van der Waals surface area contributed by atoms with E-state index < -0.39 is 17.2 Å². The molecule has 31 heavy (non-hydrogen) atoms. The molecule has 1 fully saturated rings. The Morgan fingerprint density at radius 2 is 1.97 bits per heavy atom. The molecule has 4 nitrogen and oxygen atoms in total. The maximum atomic E-state index is 14.1. The van der Waals surface area contributed by atoms with E-state index in [2.05, 4.69) is 15.0 Å². The molecule has 2 aromatic carbocycles. The molecule has 11 heteroatoms. The number of benzene rings is 2. The highest BCUT2D eigenvalue weighted by Crippen LogP contribution is 2.36. The van der Waals surface area contributed by atoms with Crippen LogP contribution in [0.15, 0.2) is 41.8 Å². The summed E-state index contributed by atoms with van der Waals surface area (Å²) in [7, 11) is 0. The fourth-order valence-electron chi connectivity index (χ4n) is 2.76. The van der Waals surface area contributed by atoms with Crippen molar-refractivity contribution in [2.24, 2.45) is 0 Å². The highest BCUT2D eigenvalue weighted by molar-refractivity contribution is 8.01. The van der Waals surface area contributed by atoms with Crippen LogP contribution in [-0.2, 0) is 0 Å². The van der Waals surface area contributed by atoms with Crippen molar-refractivity contribution >= 4 is 46.5 Å². The molecule has 0 unspecified atom stereocenters. The number of amides is 1. The van der Waals surface area contributed by atoms with Crippen molar-refractivity contribution in [2.45, 2.75) is 24.4 Å². The third-order valence-corrected chi connectivity index (χ3v) is 6.18. The lowest BCUT2D eigenvalue weighted by molar-refractivity contribution is -0.0323. The molecule has 1 aliphatic carbocycles. The molecule has 0 bridgehead atoms. The van der Waals surface area contributed by atoms with Gasteiger partial charge < -0.3 is 10.0 Å². The molecule has 1 amide bonds. The molecule has 162 valence electrons. The van der Waals surface area contributed by atoms with E-state index in [1.54, 1.807) is 11.4 Å². The van der Waals surface area contributed by atoms with Crippen LogP contribution in [0, 0.1) is 5.82 Å². The summed E-state index contributed by atoms with van der Waals surface area (Å²) in [5.74, 6) is -1.07. The van der Waals surface area contributed by atoms with Crippen molar-refractivity contribution < 1.29 is 22.4 Å². The molecule has 3 aromatic rings. The topological polar surface area (TPSA) is 54.0 Å². The van der Waals surface area contributed by atoms with Gasteiger partial charge in [0.1, 0.15) is 10.8 Å². The zero-order valence-electron chi connectivity index (χ0n) is 15.6. The number of carbonyl (C=O) groups excluding carboxylic acids is 1. The quantitative estimate of drug-likeness (QED) is 0.298. The fourth-order valence-corrected chi connectivity index (χ4v) is 4.21. The number of hydrogen-bond donors (Lipinski definition) is 2. The first kappa shape index (κ1) is 21.9. The number of carbonyl (C=O) groups is 1. The Balaban J connectivity index is 1.55. The summed E-state index contributed by atoms with van der Waals surface area (Å²) in [4.78, 5) is 16.8. The highest BCUT2D eigenvalue weighted by atomic mass is 35.5. The summed E-state index contributed by atoms with van der Waals surface area (Å²) < 4.78 is 53.3. The second-order valence-corrected chi connectivity index (χ2v) is 8.96. The van der Waals surface area contributed by atoms with Crippen molar-refractivity contribution in [2.75, 3.05) is 4.72 Å². The van der Waals surface area contributed by atoms with E-state index in [1.165, 1.54) is 41.7 Å². The van der Waals surface area contributed by atoms with Crippen molar-refractivity contribution in [3.63, 3.8) is 0 Å².